The number of nitrogens with one attached hydrogen (secondary N) is 2. The molecule has 25 heavy (non-hydrogen) atoms. The second kappa shape index (κ2) is 7.92. The number of methoxy groups -OCH3 is 1. The molecule has 0 bridgehead atoms. The van der Waals surface area contributed by atoms with Gasteiger partial charge in [-0.05, 0) is 30.3 Å². The van der Waals surface area contributed by atoms with Crippen LogP contribution >= 0.6 is 0 Å². The summed E-state index contributed by atoms with van der Waals surface area (Å²) in [4.78, 5) is 0. The van der Waals surface area contributed by atoms with Gasteiger partial charge in [0, 0.05) is 29.8 Å². The molecule has 0 aliphatic rings. The molecule has 0 saturated carbocycles. The van der Waals surface area contributed by atoms with Crippen LogP contribution in [0.5, 0.6) is 5.75 Å². The van der Waals surface area contributed by atoms with E-state index in [9.17, 15) is 9.50 Å². The molecule has 0 saturated heterocycles. The lowest BCUT2D eigenvalue weighted by atomic mass is 10.1. The maximum Gasteiger partial charge on any atom is 0.129 e. The van der Waals surface area contributed by atoms with Crippen LogP contribution in [0.3, 0.4) is 0 Å². The Balaban J connectivity index is 1.63. The van der Waals surface area contributed by atoms with Crippen LogP contribution in [0.2, 0.25) is 0 Å². The van der Waals surface area contributed by atoms with E-state index in [1.54, 1.807) is 31.5 Å². The third kappa shape index (κ3) is 4.04. The van der Waals surface area contributed by atoms with Crippen molar-refractivity contribution in [1.29, 1.82) is 0 Å². The predicted molar refractivity (Wildman–Crippen MR) is 93.6 cm³/mol. The first kappa shape index (κ1) is 17.1. The number of aromatic amines is 1. The number of aliphatic hydroxyl groups is 1. The number of hydrogen-bond donors (Lipinski definition) is 3. The van der Waals surface area contributed by atoms with Crippen molar-refractivity contribution < 1.29 is 14.2 Å². The van der Waals surface area contributed by atoms with Gasteiger partial charge in [-0.25, -0.2) is 4.39 Å². The number of aromatic nitrogens is 2. The van der Waals surface area contributed by atoms with E-state index in [0.29, 0.717) is 6.54 Å². The number of halogens is 1. The molecule has 0 fully saturated rings. The summed E-state index contributed by atoms with van der Waals surface area (Å²) >= 11 is 0. The zero-order chi connectivity index (χ0) is 17.6. The maximum atomic E-state index is 13.7. The standard InChI is InChI=1S/C19H20FN3O2/c1-25-15-8-6-13(7-9-15)19-14(11-22-23-19)10-21-12-18(24)16-4-2-3-5-17(16)20/h2-9,11,18,21,24H,10,12H2,1H3,(H,22,23)/t18-/m1/s1. The van der Waals surface area contributed by atoms with Gasteiger partial charge in [-0.2, -0.15) is 5.10 Å². The molecule has 2 aromatic carbocycles. The summed E-state index contributed by atoms with van der Waals surface area (Å²) in [5.74, 6) is 0.384. The predicted octanol–water partition coefficient (Wildman–Crippen LogP) is 3.05. The number of H-pyrrole nitrogens is 1. The van der Waals surface area contributed by atoms with Crippen molar-refractivity contribution in [3.63, 3.8) is 0 Å². The average Bonchev–Trinajstić information content (AvgIpc) is 3.10. The highest BCUT2D eigenvalue weighted by molar-refractivity contribution is 5.63. The van der Waals surface area contributed by atoms with Gasteiger partial charge in [0.1, 0.15) is 11.6 Å². The first-order valence-corrected chi connectivity index (χ1v) is 7.99. The summed E-state index contributed by atoms with van der Waals surface area (Å²) in [6.45, 7) is 0.748. The number of rotatable bonds is 7. The van der Waals surface area contributed by atoms with Gasteiger partial charge >= 0.3 is 0 Å². The van der Waals surface area contributed by atoms with E-state index in [2.05, 4.69) is 15.5 Å². The maximum absolute atomic E-state index is 13.7. The van der Waals surface area contributed by atoms with Crippen molar-refractivity contribution in [2.45, 2.75) is 12.6 Å². The SMILES string of the molecule is COc1ccc(-c2[nH]ncc2CNC[C@@H](O)c2ccccc2F)cc1. The summed E-state index contributed by atoms with van der Waals surface area (Å²) in [6.07, 6.45) is 0.833. The number of aliphatic hydroxyl groups excluding tert-OH is 1. The Morgan fingerprint density at radius 3 is 2.68 bits per heavy atom. The fourth-order valence-corrected chi connectivity index (χ4v) is 2.65. The lowest BCUT2D eigenvalue weighted by Crippen LogP contribution is -2.21. The zero-order valence-corrected chi connectivity index (χ0v) is 13.9. The molecule has 3 aromatic rings. The Hall–Kier alpha value is -2.70. The zero-order valence-electron chi connectivity index (χ0n) is 13.9. The van der Waals surface area contributed by atoms with E-state index in [-0.39, 0.29) is 12.1 Å². The molecule has 5 nitrogen and oxygen atoms in total. The minimum atomic E-state index is -0.905. The molecule has 0 amide bonds. The molecule has 3 N–H and O–H groups in total. The van der Waals surface area contributed by atoms with E-state index in [1.165, 1.54) is 6.07 Å². The van der Waals surface area contributed by atoms with Crippen LogP contribution in [0.1, 0.15) is 17.2 Å². The van der Waals surface area contributed by atoms with Crippen LogP contribution in [0.15, 0.2) is 54.7 Å². The van der Waals surface area contributed by atoms with Crippen LogP contribution < -0.4 is 10.1 Å². The first-order chi connectivity index (χ1) is 12.2. The fourth-order valence-electron chi connectivity index (χ4n) is 2.65. The number of ether oxygens (including phenoxy) is 1. The number of hydrogen-bond acceptors (Lipinski definition) is 4. The molecule has 1 heterocycles. The summed E-state index contributed by atoms with van der Waals surface area (Å²) in [5.41, 5.74) is 3.14. The Bertz CT molecular complexity index is 818. The van der Waals surface area contributed by atoms with Gasteiger partial charge in [0.2, 0.25) is 0 Å². The number of nitrogens with zero attached hydrogens (tertiary/aromatic N) is 1. The van der Waals surface area contributed by atoms with Gasteiger partial charge in [-0.3, -0.25) is 5.10 Å². The van der Waals surface area contributed by atoms with Gasteiger partial charge in [-0.15, -0.1) is 0 Å². The molecule has 3 rings (SSSR count). The quantitative estimate of drug-likeness (QED) is 0.618. The van der Waals surface area contributed by atoms with Gasteiger partial charge in [-0.1, -0.05) is 18.2 Å². The van der Waals surface area contributed by atoms with Crippen LogP contribution in [0.25, 0.3) is 11.3 Å². The fraction of sp³-hybridized carbons (Fsp3) is 0.211. The molecule has 0 spiro atoms. The van der Waals surface area contributed by atoms with Crippen molar-refractivity contribution in [3.05, 3.63) is 71.7 Å². The van der Waals surface area contributed by atoms with E-state index in [0.717, 1.165) is 22.6 Å². The molecule has 1 aromatic heterocycles. The molecule has 0 aliphatic carbocycles. The number of benzene rings is 2. The third-order valence-electron chi connectivity index (χ3n) is 4.01. The summed E-state index contributed by atoms with van der Waals surface area (Å²) in [7, 11) is 1.63. The normalized spacial score (nSPS) is 12.1. The highest BCUT2D eigenvalue weighted by Gasteiger charge is 2.13. The lowest BCUT2D eigenvalue weighted by molar-refractivity contribution is 0.169. The van der Waals surface area contributed by atoms with E-state index >= 15 is 0 Å². The Kier molecular flexibility index (Phi) is 5.42. The second-order valence-electron chi connectivity index (χ2n) is 5.67. The lowest BCUT2D eigenvalue weighted by Gasteiger charge is -2.13. The minimum Gasteiger partial charge on any atom is -0.497 e. The van der Waals surface area contributed by atoms with Crippen LogP contribution in [-0.2, 0) is 6.54 Å². The Morgan fingerprint density at radius 2 is 1.96 bits per heavy atom. The van der Waals surface area contributed by atoms with E-state index in [4.69, 9.17) is 4.74 Å². The van der Waals surface area contributed by atoms with E-state index in [1.807, 2.05) is 24.3 Å². The van der Waals surface area contributed by atoms with Crippen LogP contribution in [0, 0.1) is 5.82 Å². The minimum absolute atomic E-state index is 0.244. The third-order valence-corrected chi connectivity index (χ3v) is 4.01. The Labute approximate surface area is 145 Å². The van der Waals surface area contributed by atoms with Crippen molar-refractivity contribution in [2.75, 3.05) is 13.7 Å². The van der Waals surface area contributed by atoms with Gasteiger partial charge in [0.05, 0.1) is 25.1 Å². The van der Waals surface area contributed by atoms with Crippen LogP contribution in [0.4, 0.5) is 4.39 Å². The highest BCUT2D eigenvalue weighted by Crippen LogP contribution is 2.24. The van der Waals surface area contributed by atoms with Gasteiger partial charge < -0.3 is 15.2 Å². The molecule has 1 atom stereocenters. The van der Waals surface area contributed by atoms with E-state index < -0.39 is 11.9 Å². The van der Waals surface area contributed by atoms with Crippen molar-refractivity contribution in [3.8, 4) is 17.0 Å². The molecular weight excluding hydrogens is 321 g/mol. The van der Waals surface area contributed by atoms with Crippen LogP contribution in [-0.4, -0.2) is 29.0 Å². The topological polar surface area (TPSA) is 70.2 Å². The molecular formula is C19H20FN3O2. The van der Waals surface area contributed by atoms with Crippen molar-refractivity contribution in [1.82, 2.24) is 15.5 Å². The molecule has 130 valence electrons. The first-order valence-electron chi connectivity index (χ1n) is 7.99. The second-order valence-corrected chi connectivity index (χ2v) is 5.67. The molecule has 0 aliphatic heterocycles. The van der Waals surface area contributed by atoms with Gasteiger partial charge in [0.25, 0.3) is 0 Å². The molecule has 6 heteroatoms. The van der Waals surface area contributed by atoms with Gasteiger partial charge in [0.15, 0.2) is 0 Å². The summed E-state index contributed by atoms with van der Waals surface area (Å²) in [5, 5.41) is 20.4. The average molecular weight is 341 g/mol. The summed E-state index contributed by atoms with van der Waals surface area (Å²) < 4.78 is 18.8. The smallest absolute Gasteiger partial charge is 0.129 e. The van der Waals surface area contributed by atoms with Crippen molar-refractivity contribution >= 4 is 0 Å². The molecule has 0 unspecified atom stereocenters. The highest BCUT2D eigenvalue weighted by atomic mass is 19.1. The van der Waals surface area contributed by atoms with Crippen molar-refractivity contribution in [2.24, 2.45) is 0 Å². The summed E-state index contributed by atoms with van der Waals surface area (Å²) in [6, 6.07) is 13.9. The Morgan fingerprint density at radius 1 is 1.20 bits per heavy atom. The monoisotopic (exact) mass is 341 g/mol. The largest absolute Gasteiger partial charge is 0.497 e. The molecule has 0 radical (unpaired) electrons.